The first-order valence-corrected chi connectivity index (χ1v) is 7.80. The van der Waals surface area contributed by atoms with Crippen LogP contribution in [0.15, 0.2) is 47.3 Å². The van der Waals surface area contributed by atoms with Gasteiger partial charge < -0.3 is 10.3 Å². The molecule has 25 heavy (non-hydrogen) atoms. The summed E-state index contributed by atoms with van der Waals surface area (Å²) in [6, 6.07) is 10.5. The number of benzene rings is 2. The van der Waals surface area contributed by atoms with E-state index in [1.807, 2.05) is 24.3 Å². The Bertz CT molecular complexity index is 1010. The van der Waals surface area contributed by atoms with E-state index < -0.39 is 17.5 Å². The van der Waals surface area contributed by atoms with Crippen LogP contribution in [-0.4, -0.2) is 17.4 Å². The highest BCUT2D eigenvalue weighted by atomic mass is 19.2. The minimum atomic E-state index is -1.05. The number of halogens is 2. The Hall–Kier alpha value is -3.02. The van der Waals surface area contributed by atoms with Crippen molar-refractivity contribution >= 4 is 16.8 Å². The topological polar surface area (TPSA) is 62.0 Å². The molecule has 0 unspecified atom stereocenters. The number of amides is 1. The van der Waals surface area contributed by atoms with Gasteiger partial charge in [0, 0.05) is 23.2 Å². The van der Waals surface area contributed by atoms with Crippen molar-refractivity contribution in [1.82, 2.24) is 10.3 Å². The van der Waals surface area contributed by atoms with Gasteiger partial charge in [0.15, 0.2) is 11.6 Å². The number of carbonyl (C=O) groups excluding carboxylic acids is 1. The minimum absolute atomic E-state index is 0.0746. The Morgan fingerprint density at radius 2 is 1.88 bits per heavy atom. The molecule has 0 aliphatic carbocycles. The second kappa shape index (κ2) is 6.84. The smallest absolute Gasteiger partial charge is 0.251 e. The third-order valence-electron chi connectivity index (χ3n) is 3.98. The SMILES string of the molecule is Cc1cc2cc(CCNC(=O)c3ccc(F)c(F)c3)ccc2[nH]c1=O. The number of carbonyl (C=O) groups is 1. The van der Waals surface area contributed by atoms with E-state index in [1.165, 1.54) is 6.07 Å². The summed E-state index contributed by atoms with van der Waals surface area (Å²) in [5.41, 5.74) is 2.34. The fraction of sp³-hybridized carbons (Fsp3) is 0.158. The highest BCUT2D eigenvalue weighted by Crippen LogP contribution is 2.14. The number of nitrogens with one attached hydrogen (secondary N) is 2. The Kier molecular flexibility index (Phi) is 4.61. The lowest BCUT2D eigenvalue weighted by Crippen LogP contribution is -2.25. The lowest BCUT2D eigenvalue weighted by atomic mass is 10.1. The average molecular weight is 342 g/mol. The first-order valence-electron chi connectivity index (χ1n) is 7.80. The van der Waals surface area contributed by atoms with Gasteiger partial charge in [-0.25, -0.2) is 8.78 Å². The molecule has 4 nitrogen and oxygen atoms in total. The maximum absolute atomic E-state index is 13.2. The number of fused-ring (bicyclic) bond motifs is 1. The number of hydrogen-bond acceptors (Lipinski definition) is 2. The highest BCUT2D eigenvalue weighted by molar-refractivity contribution is 5.94. The molecule has 2 aromatic carbocycles. The molecule has 0 bridgehead atoms. The summed E-state index contributed by atoms with van der Waals surface area (Å²) in [5, 5.41) is 3.59. The first-order chi connectivity index (χ1) is 11.9. The lowest BCUT2D eigenvalue weighted by molar-refractivity contribution is 0.0953. The minimum Gasteiger partial charge on any atom is -0.352 e. The van der Waals surface area contributed by atoms with Crippen molar-refractivity contribution in [1.29, 1.82) is 0 Å². The summed E-state index contributed by atoms with van der Waals surface area (Å²) >= 11 is 0. The molecule has 0 aliphatic rings. The summed E-state index contributed by atoms with van der Waals surface area (Å²) in [6.45, 7) is 2.10. The Labute approximate surface area is 142 Å². The molecule has 0 spiro atoms. The zero-order valence-electron chi connectivity index (χ0n) is 13.5. The normalized spacial score (nSPS) is 10.8. The van der Waals surface area contributed by atoms with Gasteiger partial charge in [-0.2, -0.15) is 0 Å². The third kappa shape index (κ3) is 3.74. The van der Waals surface area contributed by atoms with E-state index in [4.69, 9.17) is 0 Å². The maximum Gasteiger partial charge on any atom is 0.251 e. The summed E-state index contributed by atoms with van der Waals surface area (Å²) < 4.78 is 26.0. The predicted molar refractivity (Wildman–Crippen MR) is 91.7 cm³/mol. The van der Waals surface area contributed by atoms with Gasteiger partial charge in [0.05, 0.1) is 0 Å². The van der Waals surface area contributed by atoms with E-state index in [-0.39, 0.29) is 11.1 Å². The number of aromatic nitrogens is 1. The van der Waals surface area contributed by atoms with Gasteiger partial charge in [-0.15, -0.1) is 0 Å². The molecule has 1 heterocycles. The van der Waals surface area contributed by atoms with Crippen molar-refractivity contribution in [2.45, 2.75) is 13.3 Å². The van der Waals surface area contributed by atoms with Gasteiger partial charge in [0.2, 0.25) is 0 Å². The van der Waals surface area contributed by atoms with Crippen LogP contribution in [0.3, 0.4) is 0 Å². The van der Waals surface area contributed by atoms with Crippen molar-refractivity contribution in [2.75, 3.05) is 6.54 Å². The number of H-pyrrole nitrogens is 1. The largest absolute Gasteiger partial charge is 0.352 e. The molecule has 2 N–H and O–H groups in total. The van der Waals surface area contributed by atoms with Crippen LogP contribution in [0.1, 0.15) is 21.5 Å². The van der Waals surface area contributed by atoms with Crippen LogP contribution >= 0.6 is 0 Å². The van der Waals surface area contributed by atoms with Crippen LogP contribution in [0, 0.1) is 18.6 Å². The molecule has 0 saturated heterocycles. The molecule has 128 valence electrons. The highest BCUT2D eigenvalue weighted by Gasteiger charge is 2.09. The second-order valence-electron chi connectivity index (χ2n) is 5.84. The molecule has 0 saturated carbocycles. The van der Waals surface area contributed by atoms with E-state index in [0.29, 0.717) is 18.5 Å². The van der Waals surface area contributed by atoms with Crippen LogP contribution in [0.25, 0.3) is 10.9 Å². The monoisotopic (exact) mass is 342 g/mol. The van der Waals surface area contributed by atoms with Gasteiger partial charge in [-0.1, -0.05) is 6.07 Å². The van der Waals surface area contributed by atoms with Crippen LogP contribution < -0.4 is 10.9 Å². The zero-order chi connectivity index (χ0) is 18.0. The number of rotatable bonds is 4. The van der Waals surface area contributed by atoms with E-state index >= 15 is 0 Å². The molecule has 3 aromatic rings. The predicted octanol–water partition coefficient (Wildman–Crippen LogP) is 3.09. The zero-order valence-corrected chi connectivity index (χ0v) is 13.5. The van der Waals surface area contributed by atoms with E-state index in [9.17, 15) is 18.4 Å². The van der Waals surface area contributed by atoms with Crippen LogP contribution in [0.4, 0.5) is 8.78 Å². The summed E-state index contributed by atoms with van der Waals surface area (Å²) in [4.78, 5) is 26.3. The van der Waals surface area contributed by atoms with Gasteiger partial charge in [0.1, 0.15) is 0 Å². The molecule has 6 heteroatoms. The Morgan fingerprint density at radius 1 is 1.08 bits per heavy atom. The number of hydrogen-bond donors (Lipinski definition) is 2. The molecule has 1 aromatic heterocycles. The fourth-order valence-electron chi connectivity index (χ4n) is 2.58. The summed E-state index contributed by atoms with van der Waals surface area (Å²) in [5.74, 6) is -2.49. The van der Waals surface area contributed by atoms with Crippen LogP contribution in [0.2, 0.25) is 0 Å². The summed E-state index contributed by atoms with van der Waals surface area (Å²) in [7, 11) is 0. The van der Waals surface area contributed by atoms with Crippen molar-refractivity contribution in [3.8, 4) is 0 Å². The van der Waals surface area contributed by atoms with Crippen molar-refractivity contribution in [3.05, 3.63) is 81.1 Å². The lowest BCUT2D eigenvalue weighted by Gasteiger charge is -2.07. The molecule has 0 aliphatic heterocycles. The molecular formula is C19H16F2N2O2. The summed E-state index contributed by atoms with van der Waals surface area (Å²) in [6.07, 6.45) is 0.573. The second-order valence-corrected chi connectivity index (χ2v) is 5.84. The maximum atomic E-state index is 13.2. The molecular weight excluding hydrogens is 326 g/mol. The number of pyridine rings is 1. The third-order valence-corrected chi connectivity index (χ3v) is 3.98. The number of aromatic amines is 1. The molecule has 0 radical (unpaired) electrons. The molecule has 0 fully saturated rings. The Morgan fingerprint density at radius 3 is 2.64 bits per heavy atom. The van der Waals surface area contributed by atoms with Gasteiger partial charge in [-0.3, -0.25) is 9.59 Å². The van der Waals surface area contributed by atoms with Crippen LogP contribution in [0.5, 0.6) is 0 Å². The van der Waals surface area contributed by atoms with Crippen LogP contribution in [-0.2, 0) is 6.42 Å². The average Bonchev–Trinajstić information content (AvgIpc) is 2.58. The quantitative estimate of drug-likeness (QED) is 0.765. The molecule has 3 rings (SSSR count). The van der Waals surface area contributed by atoms with E-state index in [1.54, 1.807) is 6.92 Å². The van der Waals surface area contributed by atoms with Crippen molar-refractivity contribution in [2.24, 2.45) is 0 Å². The fourth-order valence-corrected chi connectivity index (χ4v) is 2.58. The van der Waals surface area contributed by atoms with Gasteiger partial charge in [0.25, 0.3) is 11.5 Å². The van der Waals surface area contributed by atoms with E-state index in [0.717, 1.165) is 28.6 Å². The van der Waals surface area contributed by atoms with Crippen molar-refractivity contribution < 1.29 is 13.6 Å². The van der Waals surface area contributed by atoms with Gasteiger partial charge in [-0.05, 0) is 60.7 Å². The first kappa shape index (κ1) is 16.8. The van der Waals surface area contributed by atoms with Crippen molar-refractivity contribution in [3.63, 3.8) is 0 Å². The van der Waals surface area contributed by atoms with E-state index in [2.05, 4.69) is 10.3 Å². The standard InChI is InChI=1S/C19H16F2N2O2/c1-11-8-14-9-12(2-5-17(14)23-18(11)24)6-7-22-19(25)13-3-4-15(20)16(21)10-13/h2-5,8-10H,6-7H2,1H3,(H,22,25)(H,23,24). The number of aryl methyl sites for hydroxylation is 1. The molecule has 0 atom stereocenters. The van der Waals surface area contributed by atoms with Gasteiger partial charge >= 0.3 is 0 Å². The Balaban J connectivity index is 1.66. The molecule has 1 amide bonds.